The fourth-order valence-electron chi connectivity index (χ4n) is 1.80. The van der Waals surface area contributed by atoms with Gasteiger partial charge in [0.1, 0.15) is 0 Å². The van der Waals surface area contributed by atoms with Crippen LogP contribution in [0.2, 0.25) is 0 Å². The third kappa shape index (κ3) is 10.1. The summed E-state index contributed by atoms with van der Waals surface area (Å²) in [5, 5.41) is 1.08. The minimum atomic E-state index is 0.383. The minimum Gasteiger partial charge on any atom is -0.303 e. The number of halogens is 1. The van der Waals surface area contributed by atoms with Crippen molar-refractivity contribution >= 4 is 15.9 Å². The van der Waals surface area contributed by atoms with Crippen LogP contribution >= 0.6 is 15.9 Å². The van der Waals surface area contributed by atoms with Crippen LogP contribution in [0, 0.1) is 17.3 Å². The van der Waals surface area contributed by atoms with Gasteiger partial charge in [0.2, 0.25) is 0 Å². The molecule has 0 aromatic rings. The van der Waals surface area contributed by atoms with E-state index in [4.69, 9.17) is 0 Å². The molecule has 0 saturated carbocycles. The van der Waals surface area contributed by atoms with Gasteiger partial charge in [-0.1, -0.05) is 57.5 Å². The third-order valence-corrected chi connectivity index (χ3v) is 4.58. The van der Waals surface area contributed by atoms with Crippen molar-refractivity contribution in [2.45, 2.75) is 54.4 Å². The van der Waals surface area contributed by atoms with Crippen LogP contribution in [0.4, 0.5) is 0 Å². The van der Waals surface area contributed by atoms with E-state index in [0.717, 1.165) is 17.2 Å². The lowest BCUT2D eigenvalue weighted by Gasteiger charge is -2.32. The quantitative estimate of drug-likeness (QED) is 0.553. The molecule has 2 heteroatoms. The molecule has 0 aliphatic heterocycles. The molecule has 0 fully saturated rings. The summed E-state index contributed by atoms with van der Waals surface area (Å²) in [4.78, 5) is 2.65. The summed E-state index contributed by atoms with van der Waals surface area (Å²) in [5.41, 5.74) is 0.383. The van der Waals surface area contributed by atoms with Crippen LogP contribution in [-0.2, 0) is 0 Å². The highest BCUT2D eigenvalue weighted by Gasteiger charge is 2.20. The van der Waals surface area contributed by atoms with E-state index in [0.29, 0.717) is 5.41 Å². The Balaban J connectivity index is 4.19. The highest BCUT2D eigenvalue weighted by Crippen LogP contribution is 2.21. The van der Waals surface area contributed by atoms with Crippen molar-refractivity contribution in [1.29, 1.82) is 0 Å². The molecule has 0 rings (SSSR count). The zero-order chi connectivity index (χ0) is 13.5. The van der Waals surface area contributed by atoms with Crippen molar-refractivity contribution in [3.8, 4) is 0 Å². The maximum absolute atomic E-state index is 3.63. The summed E-state index contributed by atoms with van der Waals surface area (Å²) in [5.74, 6) is 1.62. The molecular weight excluding hydrogens is 274 g/mol. The number of rotatable bonds is 9. The van der Waals surface area contributed by atoms with Gasteiger partial charge in [0.05, 0.1) is 0 Å². The molecule has 17 heavy (non-hydrogen) atoms. The highest BCUT2D eigenvalue weighted by atomic mass is 79.9. The Morgan fingerprint density at radius 3 is 1.65 bits per heavy atom. The summed E-state index contributed by atoms with van der Waals surface area (Å²) < 4.78 is 0. The van der Waals surface area contributed by atoms with Crippen LogP contribution in [0.25, 0.3) is 0 Å². The van der Waals surface area contributed by atoms with Gasteiger partial charge < -0.3 is 4.90 Å². The molecule has 0 N–H and O–H groups in total. The van der Waals surface area contributed by atoms with Crippen LogP contribution in [-0.4, -0.2) is 29.9 Å². The first-order valence-electron chi connectivity index (χ1n) is 7.05. The molecule has 0 aliphatic carbocycles. The van der Waals surface area contributed by atoms with Crippen molar-refractivity contribution in [1.82, 2.24) is 4.90 Å². The van der Waals surface area contributed by atoms with Crippen LogP contribution in [0.3, 0.4) is 0 Å². The predicted molar refractivity (Wildman–Crippen MR) is 82.9 cm³/mol. The van der Waals surface area contributed by atoms with Gasteiger partial charge in [-0.15, -0.1) is 0 Å². The Morgan fingerprint density at radius 2 is 1.35 bits per heavy atom. The summed E-state index contributed by atoms with van der Waals surface area (Å²) in [6.07, 6.45) is 2.63. The molecule has 0 bridgehead atoms. The van der Waals surface area contributed by atoms with Gasteiger partial charge in [0.25, 0.3) is 0 Å². The third-order valence-electron chi connectivity index (χ3n) is 3.06. The van der Waals surface area contributed by atoms with E-state index in [1.54, 1.807) is 0 Å². The lowest BCUT2D eigenvalue weighted by Crippen LogP contribution is -2.37. The molecule has 1 nitrogen and oxygen atoms in total. The molecule has 0 radical (unpaired) electrons. The number of alkyl halides is 1. The van der Waals surface area contributed by atoms with Crippen molar-refractivity contribution in [3.63, 3.8) is 0 Å². The Kier molecular flexibility index (Phi) is 8.75. The molecule has 0 aliphatic rings. The van der Waals surface area contributed by atoms with E-state index < -0.39 is 0 Å². The average Bonchev–Trinajstić information content (AvgIpc) is 2.21. The van der Waals surface area contributed by atoms with Crippen molar-refractivity contribution in [2.24, 2.45) is 17.3 Å². The normalized spacial score (nSPS) is 13.1. The van der Waals surface area contributed by atoms with Crippen molar-refractivity contribution in [3.05, 3.63) is 0 Å². The van der Waals surface area contributed by atoms with Crippen molar-refractivity contribution < 1.29 is 0 Å². The number of hydrogen-bond acceptors (Lipinski definition) is 1. The zero-order valence-corrected chi connectivity index (χ0v) is 14.3. The second-order valence-corrected chi connectivity index (χ2v) is 7.50. The van der Waals surface area contributed by atoms with Crippen LogP contribution in [0.15, 0.2) is 0 Å². The SMILES string of the molecule is CC(C)CCN(CCC(C)C)CC(C)(C)CBr. The first-order chi connectivity index (χ1) is 7.76. The van der Waals surface area contributed by atoms with Crippen LogP contribution in [0.1, 0.15) is 54.4 Å². The Morgan fingerprint density at radius 1 is 0.941 bits per heavy atom. The maximum atomic E-state index is 3.63. The average molecular weight is 306 g/mol. The highest BCUT2D eigenvalue weighted by molar-refractivity contribution is 9.09. The van der Waals surface area contributed by atoms with Gasteiger partial charge in [0.15, 0.2) is 0 Å². The molecule has 0 spiro atoms. The molecule has 0 amide bonds. The first-order valence-corrected chi connectivity index (χ1v) is 8.17. The fraction of sp³-hybridized carbons (Fsp3) is 1.00. The number of hydrogen-bond donors (Lipinski definition) is 0. The van der Waals surface area contributed by atoms with E-state index in [2.05, 4.69) is 62.4 Å². The summed E-state index contributed by atoms with van der Waals surface area (Å²) >= 11 is 3.63. The summed E-state index contributed by atoms with van der Waals surface area (Å²) in [6, 6.07) is 0. The second kappa shape index (κ2) is 8.53. The smallest absolute Gasteiger partial charge is 0.00949 e. The molecule has 0 saturated heterocycles. The zero-order valence-electron chi connectivity index (χ0n) is 12.7. The van der Waals surface area contributed by atoms with Gasteiger partial charge in [0, 0.05) is 11.9 Å². The molecule has 0 unspecified atom stereocenters. The number of nitrogens with zero attached hydrogens (tertiary/aromatic N) is 1. The van der Waals surface area contributed by atoms with Gasteiger partial charge in [-0.05, 0) is 43.2 Å². The maximum Gasteiger partial charge on any atom is 0.00949 e. The van der Waals surface area contributed by atoms with Crippen LogP contribution < -0.4 is 0 Å². The summed E-state index contributed by atoms with van der Waals surface area (Å²) in [6.45, 7) is 17.7. The Labute approximate surface area is 117 Å². The predicted octanol–water partition coefficient (Wildman–Crippen LogP) is 4.80. The topological polar surface area (TPSA) is 3.24 Å². The standard InChI is InChI=1S/C15H32BrN/c1-13(2)7-9-17(10-8-14(3)4)12-15(5,6)11-16/h13-14H,7-12H2,1-6H3. The fourth-order valence-corrected chi connectivity index (χ4v) is 1.98. The van der Waals surface area contributed by atoms with Gasteiger partial charge >= 0.3 is 0 Å². The minimum absolute atomic E-state index is 0.383. The van der Waals surface area contributed by atoms with E-state index in [-0.39, 0.29) is 0 Å². The molecule has 104 valence electrons. The first kappa shape index (κ1) is 17.4. The van der Waals surface area contributed by atoms with E-state index in [1.807, 2.05) is 0 Å². The Bertz CT molecular complexity index is 175. The Hall–Kier alpha value is 0.440. The summed E-state index contributed by atoms with van der Waals surface area (Å²) in [7, 11) is 0. The molecular formula is C15H32BrN. The molecule has 0 atom stereocenters. The molecule has 0 aromatic heterocycles. The van der Waals surface area contributed by atoms with E-state index in [1.165, 1.54) is 32.5 Å². The lowest BCUT2D eigenvalue weighted by molar-refractivity contribution is 0.178. The van der Waals surface area contributed by atoms with Crippen LogP contribution in [0.5, 0.6) is 0 Å². The van der Waals surface area contributed by atoms with Crippen molar-refractivity contribution in [2.75, 3.05) is 25.0 Å². The lowest BCUT2D eigenvalue weighted by atomic mass is 9.95. The van der Waals surface area contributed by atoms with E-state index in [9.17, 15) is 0 Å². The van der Waals surface area contributed by atoms with E-state index >= 15 is 0 Å². The monoisotopic (exact) mass is 305 g/mol. The van der Waals surface area contributed by atoms with Gasteiger partial charge in [-0.2, -0.15) is 0 Å². The second-order valence-electron chi connectivity index (χ2n) is 6.94. The largest absolute Gasteiger partial charge is 0.303 e. The van der Waals surface area contributed by atoms with Gasteiger partial charge in [-0.25, -0.2) is 0 Å². The molecule has 0 heterocycles. The molecule has 0 aromatic carbocycles. The van der Waals surface area contributed by atoms with Gasteiger partial charge in [-0.3, -0.25) is 0 Å².